The van der Waals surface area contributed by atoms with Crippen LogP contribution < -0.4 is 0 Å². The van der Waals surface area contributed by atoms with Crippen molar-refractivity contribution in [3.8, 4) is 0 Å². The van der Waals surface area contributed by atoms with E-state index in [0.717, 1.165) is 0 Å². The van der Waals surface area contributed by atoms with E-state index in [2.05, 4.69) is 0 Å². The molecule has 31 valence electrons. The van der Waals surface area contributed by atoms with Gasteiger partial charge in [-0.05, 0) is 0 Å². The third-order valence-corrected chi connectivity index (χ3v) is 0. The summed E-state index contributed by atoms with van der Waals surface area (Å²) in [5.41, 5.74) is 0. The van der Waals surface area contributed by atoms with Gasteiger partial charge in [0, 0.05) is 0 Å². The summed E-state index contributed by atoms with van der Waals surface area (Å²) in [5.74, 6) is 0. The summed E-state index contributed by atoms with van der Waals surface area (Å²) in [7, 11) is 0. The summed E-state index contributed by atoms with van der Waals surface area (Å²) < 4.78 is 0. The predicted octanol–water partition coefficient (Wildman–Crippen LogP) is -0.359. The summed E-state index contributed by atoms with van der Waals surface area (Å²) in [5, 5.41) is 0. The van der Waals surface area contributed by atoms with Gasteiger partial charge in [-0.3, -0.25) is 0 Å². The molecule has 0 aliphatic rings. The minimum atomic E-state index is 0. The molecule has 5 heteroatoms. The van der Waals surface area contributed by atoms with E-state index in [1.165, 1.54) is 0 Å². The van der Waals surface area contributed by atoms with E-state index in [9.17, 15) is 0 Å². The molecule has 5 heavy (non-hydrogen) atoms. The van der Waals surface area contributed by atoms with Crippen LogP contribution in [-0.2, 0) is 35.9 Å². The van der Waals surface area contributed by atoms with Crippen molar-refractivity contribution in [3.63, 3.8) is 0 Å². The minimum absolute atomic E-state index is 0. The van der Waals surface area contributed by atoms with Gasteiger partial charge in [0.1, 0.15) is 0 Å². The molecule has 0 saturated heterocycles. The standard InChI is InChI=1S/Ce.3O.Rh/q+3;3*-2;+3. The molecule has 0 saturated carbocycles. The van der Waals surface area contributed by atoms with Gasteiger partial charge in [-0.25, -0.2) is 0 Å². The zero-order chi connectivity index (χ0) is 0. The largest absolute Gasteiger partial charge is 3.00 e. The van der Waals surface area contributed by atoms with Gasteiger partial charge >= 0.3 is 61.2 Å². The molecule has 0 bridgehead atoms. The summed E-state index contributed by atoms with van der Waals surface area (Å²) in [6, 6.07) is 0. The first-order valence-electron chi connectivity index (χ1n) is 0. The van der Waals surface area contributed by atoms with E-state index >= 15 is 0 Å². The van der Waals surface area contributed by atoms with Crippen LogP contribution in [0.15, 0.2) is 0 Å². The molecule has 0 heterocycles. The van der Waals surface area contributed by atoms with Crippen LogP contribution >= 0.6 is 0 Å². The summed E-state index contributed by atoms with van der Waals surface area (Å²) in [4.78, 5) is 0. The number of rotatable bonds is 0. The van der Waals surface area contributed by atoms with Gasteiger partial charge in [0.05, 0.1) is 0 Å². The van der Waals surface area contributed by atoms with Gasteiger partial charge in [0.2, 0.25) is 0 Å². The zero-order valence-corrected chi connectivity index (χ0v) is 6.84. The molecule has 0 aromatic rings. The van der Waals surface area contributed by atoms with E-state index in [1.807, 2.05) is 0 Å². The molecule has 0 spiro atoms. The van der Waals surface area contributed by atoms with Crippen LogP contribution in [-0.4, -0.2) is 0 Å². The monoisotopic (exact) mass is 291 g/mol. The molecule has 0 N–H and O–H groups in total. The van der Waals surface area contributed by atoms with Crippen LogP contribution in [0.25, 0.3) is 0 Å². The van der Waals surface area contributed by atoms with Crippen molar-refractivity contribution in [1.29, 1.82) is 0 Å². The third-order valence-electron chi connectivity index (χ3n) is 0. The molecule has 0 aromatic heterocycles. The van der Waals surface area contributed by atoms with Crippen molar-refractivity contribution in [1.82, 2.24) is 0 Å². The Morgan fingerprint density at radius 1 is 0.600 bits per heavy atom. The number of hydrogen-bond donors (Lipinski definition) is 0. The Morgan fingerprint density at radius 2 is 0.600 bits per heavy atom. The van der Waals surface area contributed by atoms with Crippen molar-refractivity contribution in [2.75, 3.05) is 0 Å². The fourth-order valence-corrected chi connectivity index (χ4v) is 0. The SMILES string of the molecule is [Ce+3].[O-2].[O-2].[O-2].[Rh+3]. The molecule has 0 aromatic carbocycles. The Labute approximate surface area is 76.6 Å². The Bertz CT molecular complexity index is 6.85. The van der Waals surface area contributed by atoms with Gasteiger partial charge in [0.25, 0.3) is 0 Å². The maximum atomic E-state index is 0. The molecule has 0 unspecified atom stereocenters. The van der Waals surface area contributed by atoms with Crippen LogP contribution in [0.3, 0.4) is 0 Å². The van der Waals surface area contributed by atoms with E-state index in [0.29, 0.717) is 0 Å². The van der Waals surface area contributed by atoms with Crippen LogP contribution in [0.1, 0.15) is 0 Å². The topological polar surface area (TPSA) is 85.5 Å². The molecule has 0 fully saturated rings. The van der Waals surface area contributed by atoms with E-state index in [-0.39, 0.29) is 77.7 Å². The average molecular weight is 291 g/mol. The van der Waals surface area contributed by atoms with Crippen molar-refractivity contribution in [2.45, 2.75) is 0 Å². The van der Waals surface area contributed by atoms with E-state index in [4.69, 9.17) is 0 Å². The van der Waals surface area contributed by atoms with Crippen LogP contribution in [0.2, 0.25) is 0 Å². The Kier molecular flexibility index (Phi) is 533. The van der Waals surface area contributed by atoms with Gasteiger partial charge < -0.3 is 16.4 Å². The van der Waals surface area contributed by atoms with Crippen LogP contribution in [0.4, 0.5) is 0 Å². The maximum Gasteiger partial charge on any atom is 3.00 e. The quantitative estimate of drug-likeness (QED) is 0.546. The first-order chi connectivity index (χ1) is 0. The van der Waals surface area contributed by atoms with E-state index < -0.39 is 0 Å². The fourth-order valence-electron chi connectivity index (χ4n) is 0. The summed E-state index contributed by atoms with van der Waals surface area (Å²) in [6.07, 6.45) is 0. The molecule has 0 aliphatic heterocycles. The molecule has 0 amide bonds. The Morgan fingerprint density at radius 3 is 0.600 bits per heavy atom. The average Bonchev–Trinajstić information content (AvgIpc) is 0. The fraction of sp³-hybridized carbons (Fsp3) is 0. The second-order valence-corrected chi connectivity index (χ2v) is 0. The van der Waals surface area contributed by atoms with E-state index in [1.54, 1.807) is 0 Å². The molecule has 0 rings (SSSR count). The maximum absolute atomic E-state index is 0. The minimum Gasteiger partial charge on any atom is -2.00 e. The van der Waals surface area contributed by atoms with Crippen LogP contribution in [0.5, 0.6) is 0 Å². The van der Waals surface area contributed by atoms with Gasteiger partial charge in [-0.1, -0.05) is 0 Å². The molecule has 0 atom stereocenters. The first kappa shape index (κ1) is 67.3. The molecular weight excluding hydrogens is 291 g/mol. The molecule has 3 nitrogen and oxygen atoms in total. The van der Waals surface area contributed by atoms with Gasteiger partial charge in [0.15, 0.2) is 0 Å². The Hall–Kier alpha value is 1.88. The second-order valence-electron chi connectivity index (χ2n) is 0. The molecule has 0 aliphatic carbocycles. The molecule has 1 radical (unpaired) electrons. The summed E-state index contributed by atoms with van der Waals surface area (Å²) in [6.45, 7) is 0. The van der Waals surface area contributed by atoms with Crippen molar-refractivity contribution >= 4 is 0 Å². The van der Waals surface area contributed by atoms with Crippen LogP contribution in [0, 0.1) is 41.7 Å². The van der Waals surface area contributed by atoms with Gasteiger partial charge in [-0.15, -0.1) is 0 Å². The third kappa shape index (κ3) is 25.0. The zero-order valence-electron chi connectivity index (χ0n) is 2.06. The molecular formula is CeO3Rh. The van der Waals surface area contributed by atoms with Crippen molar-refractivity contribution in [3.05, 3.63) is 0 Å². The summed E-state index contributed by atoms with van der Waals surface area (Å²) >= 11 is 0. The smallest absolute Gasteiger partial charge is 2.00 e. The van der Waals surface area contributed by atoms with Crippen molar-refractivity contribution < 1.29 is 77.7 Å². The second kappa shape index (κ2) is 39.6. The Balaban J connectivity index is 0. The van der Waals surface area contributed by atoms with Crippen molar-refractivity contribution in [2.24, 2.45) is 0 Å². The normalized spacial score (nSPS) is 0. The van der Waals surface area contributed by atoms with Gasteiger partial charge in [-0.2, -0.15) is 0 Å². The first-order valence-corrected chi connectivity index (χ1v) is 0. The number of hydrogen-bond acceptors (Lipinski definition) is 0. The predicted molar refractivity (Wildman–Crippen MR) is 2.06 cm³/mol.